The summed E-state index contributed by atoms with van der Waals surface area (Å²) >= 11 is 0. The molecule has 1 aliphatic heterocycles. The number of amides is 1. The molecule has 0 bridgehead atoms. The van der Waals surface area contributed by atoms with Gasteiger partial charge in [-0.05, 0) is 43.0 Å². The molecule has 1 saturated heterocycles. The molecule has 3 heterocycles. The smallest absolute Gasteiger partial charge is 0.274 e. The van der Waals surface area contributed by atoms with E-state index in [0.29, 0.717) is 18.2 Å². The number of piperidine rings is 1. The SMILES string of the molecule is O=C(c1cnccn1)N1CCC(Cn2c(COc3ccccc3)nc3ccccc32)CC1. The van der Waals surface area contributed by atoms with Crippen LogP contribution in [0.15, 0.2) is 73.2 Å². The average Bonchev–Trinajstić information content (AvgIpc) is 3.21. The number of carbonyl (C=O) groups excluding carboxylic acids is 1. The van der Waals surface area contributed by atoms with E-state index >= 15 is 0 Å². The second-order valence-electron chi connectivity index (χ2n) is 8.06. The van der Waals surface area contributed by atoms with Crippen molar-refractivity contribution < 1.29 is 9.53 Å². The van der Waals surface area contributed by atoms with Crippen molar-refractivity contribution in [1.29, 1.82) is 0 Å². The standard InChI is InChI=1S/C25H25N5O2/c31-25(22-16-26-12-13-27-22)29-14-10-19(11-15-29)17-30-23-9-5-4-8-21(23)28-24(30)18-32-20-6-2-1-3-7-20/h1-9,12-13,16,19H,10-11,14-15,17-18H2. The third-order valence-corrected chi connectivity index (χ3v) is 5.97. The lowest BCUT2D eigenvalue weighted by atomic mass is 9.96. The van der Waals surface area contributed by atoms with Crippen LogP contribution in [0.2, 0.25) is 0 Å². The zero-order valence-electron chi connectivity index (χ0n) is 17.8. The van der Waals surface area contributed by atoms with Crippen LogP contribution >= 0.6 is 0 Å². The van der Waals surface area contributed by atoms with E-state index in [1.54, 1.807) is 12.4 Å². The number of rotatable bonds is 6. The number of nitrogens with zero attached hydrogens (tertiary/aromatic N) is 5. The molecule has 2 aromatic heterocycles. The number of carbonyl (C=O) groups is 1. The second-order valence-corrected chi connectivity index (χ2v) is 8.06. The summed E-state index contributed by atoms with van der Waals surface area (Å²) in [6.45, 7) is 2.73. The Morgan fingerprint density at radius 3 is 2.56 bits per heavy atom. The van der Waals surface area contributed by atoms with Crippen LogP contribution in [0.5, 0.6) is 5.75 Å². The maximum absolute atomic E-state index is 12.7. The van der Waals surface area contributed by atoms with E-state index in [2.05, 4.69) is 20.6 Å². The van der Waals surface area contributed by atoms with Crippen LogP contribution in [0.4, 0.5) is 0 Å². The number of ether oxygens (including phenoxy) is 1. The second kappa shape index (κ2) is 9.18. The van der Waals surface area contributed by atoms with E-state index in [9.17, 15) is 4.79 Å². The molecular formula is C25H25N5O2. The molecule has 0 radical (unpaired) electrons. The summed E-state index contributed by atoms with van der Waals surface area (Å²) in [6.07, 6.45) is 6.56. The van der Waals surface area contributed by atoms with Gasteiger partial charge in [-0.25, -0.2) is 9.97 Å². The third kappa shape index (κ3) is 4.32. The Kier molecular flexibility index (Phi) is 5.79. The number of likely N-dealkylation sites (tertiary alicyclic amines) is 1. The highest BCUT2D eigenvalue weighted by Crippen LogP contribution is 2.25. The van der Waals surface area contributed by atoms with Gasteiger partial charge in [0.15, 0.2) is 0 Å². The van der Waals surface area contributed by atoms with Crippen molar-refractivity contribution in [2.24, 2.45) is 5.92 Å². The highest BCUT2D eigenvalue weighted by atomic mass is 16.5. The molecule has 0 spiro atoms. The Hall–Kier alpha value is -3.74. The summed E-state index contributed by atoms with van der Waals surface area (Å²) in [4.78, 5) is 27.5. The van der Waals surface area contributed by atoms with Crippen LogP contribution in [-0.2, 0) is 13.2 Å². The average molecular weight is 428 g/mol. The normalized spacial score (nSPS) is 14.6. The first-order valence-corrected chi connectivity index (χ1v) is 11.0. The number of benzene rings is 2. The number of hydrogen-bond donors (Lipinski definition) is 0. The lowest BCUT2D eigenvalue weighted by molar-refractivity contribution is 0.0676. The monoisotopic (exact) mass is 427 g/mol. The van der Waals surface area contributed by atoms with Crippen LogP contribution in [-0.4, -0.2) is 43.4 Å². The fraction of sp³-hybridized carbons (Fsp3) is 0.280. The van der Waals surface area contributed by atoms with Crippen molar-refractivity contribution >= 4 is 16.9 Å². The van der Waals surface area contributed by atoms with Gasteiger partial charge in [0.2, 0.25) is 0 Å². The molecule has 2 aromatic carbocycles. The van der Waals surface area contributed by atoms with E-state index in [-0.39, 0.29) is 5.91 Å². The first-order valence-electron chi connectivity index (χ1n) is 11.0. The van der Waals surface area contributed by atoms with Gasteiger partial charge in [0.05, 0.1) is 17.2 Å². The van der Waals surface area contributed by atoms with E-state index in [4.69, 9.17) is 9.72 Å². The fourth-order valence-corrected chi connectivity index (χ4v) is 4.25. The van der Waals surface area contributed by atoms with Gasteiger partial charge < -0.3 is 14.2 Å². The molecule has 4 aromatic rings. The summed E-state index contributed by atoms with van der Waals surface area (Å²) in [5, 5.41) is 0. The molecule has 1 fully saturated rings. The highest BCUT2D eigenvalue weighted by molar-refractivity contribution is 5.92. The lowest BCUT2D eigenvalue weighted by Crippen LogP contribution is -2.39. The molecular weight excluding hydrogens is 402 g/mol. The van der Waals surface area contributed by atoms with E-state index in [1.165, 1.54) is 6.20 Å². The fourth-order valence-electron chi connectivity index (χ4n) is 4.25. The predicted octanol–water partition coefficient (Wildman–Crippen LogP) is 3.96. The number of aromatic nitrogens is 4. The molecule has 162 valence electrons. The third-order valence-electron chi connectivity index (χ3n) is 5.97. The Morgan fingerprint density at radius 1 is 1.00 bits per heavy atom. The molecule has 32 heavy (non-hydrogen) atoms. The van der Waals surface area contributed by atoms with Gasteiger partial charge in [0.1, 0.15) is 23.9 Å². The largest absolute Gasteiger partial charge is 0.486 e. The highest BCUT2D eigenvalue weighted by Gasteiger charge is 2.26. The van der Waals surface area contributed by atoms with Crippen LogP contribution in [0.25, 0.3) is 11.0 Å². The van der Waals surface area contributed by atoms with Gasteiger partial charge in [-0.3, -0.25) is 9.78 Å². The Balaban J connectivity index is 1.28. The first kappa shape index (κ1) is 20.2. The van der Waals surface area contributed by atoms with Crippen LogP contribution < -0.4 is 4.74 Å². The van der Waals surface area contributed by atoms with Crippen molar-refractivity contribution in [2.45, 2.75) is 26.0 Å². The molecule has 1 aliphatic rings. The van der Waals surface area contributed by atoms with E-state index in [0.717, 1.165) is 55.1 Å². The minimum Gasteiger partial charge on any atom is -0.486 e. The number of hydrogen-bond acceptors (Lipinski definition) is 5. The van der Waals surface area contributed by atoms with Gasteiger partial charge in [0, 0.05) is 32.0 Å². The zero-order valence-corrected chi connectivity index (χ0v) is 17.8. The van der Waals surface area contributed by atoms with Crippen LogP contribution in [0.1, 0.15) is 29.2 Å². The van der Waals surface area contributed by atoms with Crippen molar-refractivity contribution in [3.8, 4) is 5.75 Å². The molecule has 0 aliphatic carbocycles. The summed E-state index contributed by atoms with van der Waals surface area (Å²) in [6, 6.07) is 18.0. The van der Waals surface area contributed by atoms with Crippen LogP contribution in [0, 0.1) is 5.92 Å². The van der Waals surface area contributed by atoms with E-state index in [1.807, 2.05) is 53.4 Å². The molecule has 1 amide bonds. The summed E-state index contributed by atoms with van der Waals surface area (Å²) < 4.78 is 8.28. The molecule has 7 nitrogen and oxygen atoms in total. The molecule has 0 atom stereocenters. The Bertz CT molecular complexity index is 1180. The lowest BCUT2D eigenvalue weighted by Gasteiger charge is -2.32. The van der Waals surface area contributed by atoms with Crippen LogP contribution in [0.3, 0.4) is 0 Å². The summed E-state index contributed by atoms with van der Waals surface area (Å²) in [5.74, 6) is 2.19. The summed E-state index contributed by atoms with van der Waals surface area (Å²) in [7, 11) is 0. The zero-order chi connectivity index (χ0) is 21.8. The van der Waals surface area contributed by atoms with Gasteiger partial charge in [-0.15, -0.1) is 0 Å². The molecule has 0 unspecified atom stereocenters. The van der Waals surface area contributed by atoms with Gasteiger partial charge >= 0.3 is 0 Å². The Labute approximate surface area is 186 Å². The molecule has 0 saturated carbocycles. The maximum Gasteiger partial charge on any atom is 0.274 e. The van der Waals surface area contributed by atoms with Gasteiger partial charge in [0.25, 0.3) is 5.91 Å². The topological polar surface area (TPSA) is 73.1 Å². The van der Waals surface area contributed by atoms with Crippen molar-refractivity contribution in [3.05, 3.63) is 84.7 Å². The van der Waals surface area contributed by atoms with Crippen molar-refractivity contribution in [2.75, 3.05) is 13.1 Å². The Morgan fingerprint density at radius 2 is 1.78 bits per heavy atom. The summed E-state index contributed by atoms with van der Waals surface area (Å²) in [5.41, 5.74) is 2.51. The molecule has 7 heteroatoms. The minimum absolute atomic E-state index is 0.0402. The quantitative estimate of drug-likeness (QED) is 0.466. The van der Waals surface area contributed by atoms with Gasteiger partial charge in [-0.1, -0.05) is 30.3 Å². The van der Waals surface area contributed by atoms with Crippen molar-refractivity contribution in [3.63, 3.8) is 0 Å². The number of para-hydroxylation sites is 3. The first-order chi connectivity index (χ1) is 15.8. The molecule has 0 N–H and O–H groups in total. The number of imidazole rings is 1. The molecule has 5 rings (SSSR count). The minimum atomic E-state index is -0.0402. The maximum atomic E-state index is 12.7. The number of fused-ring (bicyclic) bond motifs is 1. The predicted molar refractivity (Wildman–Crippen MR) is 121 cm³/mol. The van der Waals surface area contributed by atoms with Crippen molar-refractivity contribution in [1.82, 2.24) is 24.4 Å². The van der Waals surface area contributed by atoms with E-state index < -0.39 is 0 Å². The van der Waals surface area contributed by atoms with Gasteiger partial charge in [-0.2, -0.15) is 0 Å².